The van der Waals surface area contributed by atoms with Gasteiger partial charge in [-0.2, -0.15) is 4.98 Å². The number of nitrogens with zero attached hydrogens (tertiary/aromatic N) is 3. The van der Waals surface area contributed by atoms with Crippen molar-refractivity contribution in [3.8, 4) is 0 Å². The van der Waals surface area contributed by atoms with E-state index in [4.69, 9.17) is 4.74 Å². The standard InChI is InChI=1S/C18H17FN4O2/c1-25-17(24)14-10-20-18-22-15(8-9-23(14)18)21-16(11-2-3-11)12-4-6-13(19)7-5-12/h4-11,16H,2-3H2,1H3,(H,20,21,22). The lowest BCUT2D eigenvalue weighted by molar-refractivity contribution is 0.0593. The molecule has 1 aromatic carbocycles. The molecule has 25 heavy (non-hydrogen) atoms. The van der Waals surface area contributed by atoms with E-state index in [2.05, 4.69) is 15.3 Å². The summed E-state index contributed by atoms with van der Waals surface area (Å²) < 4.78 is 19.5. The molecule has 0 spiro atoms. The van der Waals surface area contributed by atoms with E-state index < -0.39 is 5.97 Å². The maximum absolute atomic E-state index is 13.2. The number of imidazole rings is 1. The number of rotatable bonds is 5. The molecule has 4 rings (SSSR count). The third-order valence-corrected chi connectivity index (χ3v) is 4.40. The van der Waals surface area contributed by atoms with Crippen LogP contribution in [-0.4, -0.2) is 27.4 Å². The number of fused-ring (bicyclic) bond motifs is 1. The van der Waals surface area contributed by atoms with E-state index in [0.717, 1.165) is 18.4 Å². The molecule has 1 atom stereocenters. The second-order valence-corrected chi connectivity index (χ2v) is 6.13. The molecule has 1 unspecified atom stereocenters. The fourth-order valence-corrected chi connectivity index (χ4v) is 2.94. The van der Waals surface area contributed by atoms with Crippen molar-refractivity contribution in [1.29, 1.82) is 0 Å². The van der Waals surface area contributed by atoms with Crippen LogP contribution in [0, 0.1) is 11.7 Å². The number of hydrogen-bond acceptors (Lipinski definition) is 5. The van der Waals surface area contributed by atoms with Crippen LogP contribution >= 0.6 is 0 Å². The number of anilines is 1. The molecule has 0 radical (unpaired) electrons. The summed E-state index contributed by atoms with van der Waals surface area (Å²) in [4.78, 5) is 20.3. The molecule has 1 saturated carbocycles. The first-order valence-electron chi connectivity index (χ1n) is 8.10. The molecule has 3 aromatic rings. The number of nitrogens with one attached hydrogen (secondary N) is 1. The van der Waals surface area contributed by atoms with Crippen molar-refractivity contribution < 1.29 is 13.9 Å². The van der Waals surface area contributed by atoms with Gasteiger partial charge in [-0.3, -0.25) is 4.40 Å². The number of hydrogen-bond donors (Lipinski definition) is 1. The lowest BCUT2D eigenvalue weighted by Crippen LogP contribution is -2.14. The minimum atomic E-state index is -0.461. The molecule has 1 aliphatic rings. The van der Waals surface area contributed by atoms with Crippen molar-refractivity contribution >= 4 is 17.6 Å². The molecule has 1 N–H and O–H groups in total. The van der Waals surface area contributed by atoms with Gasteiger partial charge in [0.25, 0.3) is 0 Å². The average molecular weight is 340 g/mol. The van der Waals surface area contributed by atoms with Crippen LogP contribution < -0.4 is 5.32 Å². The molecule has 128 valence electrons. The smallest absolute Gasteiger partial charge is 0.356 e. The molecular formula is C18H17FN4O2. The first-order valence-corrected chi connectivity index (χ1v) is 8.10. The molecule has 2 aromatic heterocycles. The van der Waals surface area contributed by atoms with Gasteiger partial charge in [0.2, 0.25) is 5.78 Å². The number of carbonyl (C=O) groups is 1. The zero-order valence-electron chi connectivity index (χ0n) is 13.6. The van der Waals surface area contributed by atoms with Gasteiger partial charge in [0.05, 0.1) is 19.3 Å². The highest BCUT2D eigenvalue weighted by molar-refractivity contribution is 5.88. The molecule has 1 aliphatic carbocycles. The average Bonchev–Trinajstić information content (AvgIpc) is 3.39. The number of methoxy groups -OCH3 is 1. The van der Waals surface area contributed by atoms with Crippen molar-refractivity contribution in [3.05, 3.63) is 59.8 Å². The molecule has 0 bridgehead atoms. The Morgan fingerprint density at radius 2 is 2.08 bits per heavy atom. The van der Waals surface area contributed by atoms with Crippen molar-refractivity contribution in [1.82, 2.24) is 14.4 Å². The lowest BCUT2D eigenvalue weighted by atomic mass is 10.0. The Labute approximate surface area is 143 Å². The number of ether oxygens (including phenoxy) is 1. The molecule has 1 fully saturated rings. The largest absolute Gasteiger partial charge is 0.464 e. The Bertz CT molecular complexity index is 918. The highest BCUT2D eigenvalue weighted by atomic mass is 19.1. The van der Waals surface area contributed by atoms with Gasteiger partial charge in [-0.25, -0.2) is 14.2 Å². The summed E-state index contributed by atoms with van der Waals surface area (Å²) in [5.41, 5.74) is 1.36. The summed E-state index contributed by atoms with van der Waals surface area (Å²) >= 11 is 0. The number of esters is 1. The number of benzene rings is 1. The molecule has 0 aliphatic heterocycles. The molecule has 2 heterocycles. The van der Waals surface area contributed by atoms with Crippen molar-refractivity contribution in [3.63, 3.8) is 0 Å². The van der Waals surface area contributed by atoms with Crippen LogP contribution in [0.25, 0.3) is 5.78 Å². The number of halogens is 1. The Hall–Kier alpha value is -2.96. The molecule has 7 heteroatoms. The second-order valence-electron chi connectivity index (χ2n) is 6.13. The van der Waals surface area contributed by atoms with Gasteiger partial charge >= 0.3 is 5.97 Å². The van der Waals surface area contributed by atoms with Gasteiger partial charge in [0.15, 0.2) is 5.69 Å². The molecular weight excluding hydrogens is 323 g/mol. The molecule has 0 saturated heterocycles. The summed E-state index contributed by atoms with van der Waals surface area (Å²) in [6.45, 7) is 0. The van der Waals surface area contributed by atoms with E-state index >= 15 is 0 Å². The van der Waals surface area contributed by atoms with Crippen LogP contribution in [0.5, 0.6) is 0 Å². The van der Waals surface area contributed by atoms with Crippen LogP contribution in [0.2, 0.25) is 0 Å². The third-order valence-electron chi connectivity index (χ3n) is 4.40. The Kier molecular flexibility index (Phi) is 3.83. The normalized spacial score (nSPS) is 15.1. The lowest BCUT2D eigenvalue weighted by Gasteiger charge is -2.19. The van der Waals surface area contributed by atoms with Gasteiger partial charge in [0, 0.05) is 6.20 Å². The fourth-order valence-electron chi connectivity index (χ4n) is 2.94. The number of carbonyl (C=O) groups excluding carboxylic acids is 1. The first-order chi connectivity index (χ1) is 12.2. The fraction of sp³-hybridized carbons (Fsp3) is 0.278. The molecule has 0 amide bonds. The minimum Gasteiger partial charge on any atom is -0.464 e. The van der Waals surface area contributed by atoms with Crippen LogP contribution in [0.3, 0.4) is 0 Å². The predicted molar refractivity (Wildman–Crippen MR) is 89.8 cm³/mol. The van der Waals surface area contributed by atoms with Gasteiger partial charge in [-0.1, -0.05) is 12.1 Å². The van der Waals surface area contributed by atoms with Crippen LogP contribution in [0.4, 0.5) is 10.2 Å². The van der Waals surface area contributed by atoms with E-state index in [9.17, 15) is 9.18 Å². The second kappa shape index (κ2) is 6.16. The summed E-state index contributed by atoms with van der Waals surface area (Å²) in [6, 6.07) is 8.41. The highest BCUT2D eigenvalue weighted by Gasteiger charge is 2.32. The summed E-state index contributed by atoms with van der Waals surface area (Å²) in [5.74, 6) is 0.881. The Morgan fingerprint density at radius 1 is 1.32 bits per heavy atom. The van der Waals surface area contributed by atoms with E-state index in [1.54, 1.807) is 28.8 Å². The zero-order valence-corrected chi connectivity index (χ0v) is 13.6. The maximum Gasteiger partial charge on any atom is 0.356 e. The van der Waals surface area contributed by atoms with E-state index in [1.165, 1.54) is 25.4 Å². The van der Waals surface area contributed by atoms with Crippen molar-refractivity contribution in [2.45, 2.75) is 18.9 Å². The minimum absolute atomic E-state index is 0.0746. The van der Waals surface area contributed by atoms with E-state index in [-0.39, 0.29) is 11.9 Å². The number of aromatic nitrogens is 3. The quantitative estimate of drug-likeness (QED) is 0.722. The predicted octanol–water partition coefficient (Wildman–Crippen LogP) is 3.22. The highest BCUT2D eigenvalue weighted by Crippen LogP contribution is 2.42. The topological polar surface area (TPSA) is 68.5 Å². The van der Waals surface area contributed by atoms with Crippen LogP contribution in [0.1, 0.15) is 34.9 Å². The van der Waals surface area contributed by atoms with E-state index in [0.29, 0.717) is 23.2 Å². The SMILES string of the molecule is COC(=O)c1cnc2nc(NC(c3ccc(F)cc3)C3CC3)ccn12. The van der Waals surface area contributed by atoms with Gasteiger partial charge in [0.1, 0.15) is 11.6 Å². The third kappa shape index (κ3) is 3.05. The van der Waals surface area contributed by atoms with Crippen molar-refractivity contribution in [2.75, 3.05) is 12.4 Å². The molecule has 6 nitrogen and oxygen atoms in total. The van der Waals surface area contributed by atoms with Gasteiger partial charge < -0.3 is 10.1 Å². The summed E-state index contributed by atoms with van der Waals surface area (Å²) in [6.07, 6.45) is 5.44. The van der Waals surface area contributed by atoms with E-state index in [1.807, 2.05) is 0 Å². The maximum atomic E-state index is 13.2. The van der Waals surface area contributed by atoms with Crippen molar-refractivity contribution in [2.24, 2.45) is 5.92 Å². The first kappa shape index (κ1) is 15.6. The summed E-state index contributed by atoms with van der Waals surface area (Å²) in [5, 5.41) is 3.42. The van der Waals surface area contributed by atoms with Crippen LogP contribution in [0.15, 0.2) is 42.7 Å². The van der Waals surface area contributed by atoms with Crippen LogP contribution in [-0.2, 0) is 4.74 Å². The van der Waals surface area contributed by atoms with Gasteiger partial charge in [-0.15, -0.1) is 0 Å². The Morgan fingerprint density at radius 3 is 2.76 bits per heavy atom. The summed E-state index contributed by atoms with van der Waals surface area (Å²) in [7, 11) is 1.33. The monoisotopic (exact) mass is 340 g/mol. The Balaban J connectivity index is 1.62. The zero-order chi connectivity index (χ0) is 17.4. The van der Waals surface area contributed by atoms with Gasteiger partial charge in [-0.05, 0) is 42.5 Å².